The topological polar surface area (TPSA) is 212 Å². The van der Waals surface area contributed by atoms with E-state index in [2.05, 4.69) is 38.2 Å². The number of unbranched alkanes of at least 4 members (excludes halogenated alkanes) is 13. The number of esters is 2. The van der Waals surface area contributed by atoms with Gasteiger partial charge in [0.05, 0.1) is 31.5 Å². The lowest BCUT2D eigenvalue weighted by molar-refractivity contribution is -0.161. The van der Waals surface area contributed by atoms with Crippen LogP contribution in [0.3, 0.4) is 0 Å². The first-order valence-electron chi connectivity index (χ1n) is 22.6. The van der Waals surface area contributed by atoms with Gasteiger partial charge in [0.1, 0.15) is 12.4 Å². The second-order valence-corrected chi connectivity index (χ2v) is 17.3. The van der Waals surface area contributed by atoms with Crippen molar-refractivity contribution in [1.29, 1.82) is 0 Å². The molecule has 0 spiro atoms. The molecule has 1 aliphatic rings. The Bertz CT molecular complexity index is 1240. The number of rotatable bonds is 38. The van der Waals surface area contributed by atoms with Crippen molar-refractivity contribution in [2.75, 3.05) is 26.4 Å². The van der Waals surface area contributed by atoms with Gasteiger partial charge in [-0.1, -0.05) is 115 Å². The maximum Gasteiger partial charge on any atom is 0.472 e. The number of aliphatic hydroxyl groups is 3. The number of hydrogen-bond acceptors (Lipinski definition) is 12. The van der Waals surface area contributed by atoms with Crippen LogP contribution < -0.4 is 5.73 Å². The minimum atomic E-state index is -4.49. The average Bonchev–Trinajstić information content (AvgIpc) is 3.47. The number of allylic oxidation sites excluding steroid dienone is 4. The lowest BCUT2D eigenvalue weighted by Gasteiger charge is -2.20. The molecule has 1 aliphatic carbocycles. The van der Waals surface area contributed by atoms with Crippen LogP contribution in [0, 0.1) is 11.8 Å². The lowest BCUT2D eigenvalue weighted by Crippen LogP contribution is -2.29. The molecule has 13 nitrogen and oxygen atoms in total. The number of phosphoric ester groups is 1. The van der Waals surface area contributed by atoms with Gasteiger partial charge in [-0.25, -0.2) is 4.57 Å². The number of ether oxygens (including phenoxy) is 2. The number of phosphoric acid groups is 1. The molecule has 0 aromatic heterocycles. The molecule has 0 heterocycles. The van der Waals surface area contributed by atoms with E-state index in [0.29, 0.717) is 25.7 Å². The fraction of sp³-hybridized carbons (Fsp3) is 0.800. The Balaban J connectivity index is 2.41. The lowest BCUT2D eigenvalue weighted by atomic mass is 9.87. The summed E-state index contributed by atoms with van der Waals surface area (Å²) in [6, 6.07) is 0. The first kappa shape index (κ1) is 54.8. The molecule has 7 atom stereocenters. The van der Waals surface area contributed by atoms with E-state index >= 15 is 0 Å². The summed E-state index contributed by atoms with van der Waals surface area (Å²) in [5.41, 5.74) is 5.34. The molecule has 1 rings (SSSR count). The third-order valence-corrected chi connectivity index (χ3v) is 11.5. The summed E-state index contributed by atoms with van der Waals surface area (Å²) >= 11 is 0. The van der Waals surface area contributed by atoms with Crippen LogP contribution in [0.4, 0.5) is 0 Å². The summed E-state index contributed by atoms with van der Waals surface area (Å²) in [5.74, 6) is -2.14. The van der Waals surface area contributed by atoms with Gasteiger partial charge in [0.15, 0.2) is 6.10 Å². The number of aliphatic hydroxyl groups excluding tert-OH is 3. The van der Waals surface area contributed by atoms with Gasteiger partial charge in [0.2, 0.25) is 0 Å². The summed E-state index contributed by atoms with van der Waals surface area (Å²) in [6.07, 6.45) is 28.0. The molecule has 1 saturated carbocycles. The second kappa shape index (κ2) is 35.4. The van der Waals surface area contributed by atoms with Gasteiger partial charge in [-0.2, -0.15) is 0 Å². The molecule has 0 aromatic rings. The summed E-state index contributed by atoms with van der Waals surface area (Å²) in [6.45, 7) is 3.15. The summed E-state index contributed by atoms with van der Waals surface area (Å²) < 4.78 is 32.7. The highest BCUT2D eigenvalue weighted by Crippen LogP contribution is 2.43. The average molecular weight is 858 g/mol. The first-order valence-corrected chi connectivity index (χ1v) is 24.1. The quantitative estimate of drug-likeness (QED) is 0.0171. The molecule has 0 aromatic carbocycles. The SMILES string of the molecule is CCCCC/C=C\C/C=C\CCCCCCCCCC(=O)OC[C@H](COP(=O)(O)OCCN)OC(=O)CCCCC(=O)C[C@@H]1[C@@H](/C=C/[C@@H](O)CCCCC)[C@H](O)C[C@@H]1O. The third-order valence-electron chi connectivity index (χ3n) is 10.5. The minimum Gasteiger partial charge on any atom is -0.462 e. The van der Waals surface area contributed by atoms with Gasteiger partial charge in [0.25, 0.3) is 0 Å². The molecule has 6 N–H and O–H groups in total. The maximum absolute atomic E-state index is 12.8. The van der Waals surface area contributed by atoms with Crippen molar-refractivity contribution < 1.29 is 57.7 Å². The predicted molar refractivity (Wildman–Crippen MR) is 231 cm³/mol. The smallest absolute Gasteiger partial charge is 0.462 e. The number of nitrogens with two attached hydrogens (primary N) is 1. The Morgan fingerprint density at radius 1 is 0.746 bits per heavy atom. The van der Waals surface area contributed by atoms with Crippen molar-refractivity contribution >= 4 is 25.5 Å². The van der Waals surface area contributed by atoms with Crippen molar-refractivity contribution in [2.24, 2.45) is 17.6 Å². The van der Waals surface area contributed by atoms with Gasteiger partial charge in [-0.05, 0) is 57.8 Å². The van der Waals surface area contributed by atoms with Crippen molar-refractivity contribution in [3.8, 4) is 0 Å². The Morgan fingerprint density at radius 2 is 1.34 bits per heavy atom. The van der Waals surface area contributed by atoms with Crippen LogP contribution in [0.5, 0.6) is 0 Å². The second-order valence-electron chi connectivity index (χ2n) is 15.9. The molecule has 14 heteroatoms. The van der Waals surface area contributed by atoms with Crippen molar-refractivity contribution in [2.45, 2.75) is 192 Å². The highest BCUT2D eigenvalue weighted by molar-refractivity contribution is 7.47. The highest BCUT2D eigenvalue weighted by Gasteiger charge is 2.41. The monoisotopic (exact) mass is 858 g/mol. The fourth-order valence-electron chi connectivity index (χ4n) is 7.01. The van der Waals surface area contributed by atoms with Crippen molar-refractivity contribution in [1.82, 2.24) is 0 Å². The molecule has 0 radical (unpaired) electrons. The number of Topliss-reactive ketones (excluding diaryl/α,β-unsaturated/α-hetero) is 1. The van der Waals surface area contributed by atoms with Crippen molar-refractivity contribution in [3.63, 3.8) is 0 Å². The van der Waals surface area contributed by atoms with Crippen LogP contribution in [-0.4, -0.2) is 88.7 Å². The van der Waals surface area contributed by atoms with Crippen molar-refractivity contribution in [3.05, 3.63) is 36.5 Å². The zero-order valence-corrected chi connectivity index (χ0v) is 37.2. The highest BCUT2D eigenvalue weighted by atomic mass is 31.2. The number of carbonyl (C=O) groups is 3. The van der Waals surface area contributed by atoms with E-state index in [-0.39, 0.29) is 57.6 Å². The summed E-state index contributed by atoms with van der Waals surface area (Å²) in [7, 11) is -4.49. The Kier molecular flexibility index (Phi) is 32.9. The molecule has 59 heavy (non-hydrogen) atoms. The molecule has 0 saturated heterocycles. The van der Waals surface area contributed by atoms with Crippen LogP contribution in [0.25, 0.3) is 0 Å². The van der Waals surface area contributed by atoms with E-state index in [1.54, 1.807) is 12.2 Å². The Hall–Kier alpha value is -2.22. The van der Waals surface area contributed by atoms with E-state index in [0.717, 1.165) is 57.8 Å². The number of ketones is 1. The van der Waals surface area contributed by atoms with E-state index in [9.17, 15) is 39.2 Å². The molecule has 1 unspecified atom stereocenters. The molecular formula is C45H80NO12P. The standard InChI is InChI=1S/C45H80NO12P/c1-3-5-7-8-9-10-11-12-13-14-15-16-17-18-19-20-22-27-44(51)55-35-39(36-57-59(53,54)56-32-31-46)58-45(52)28-24-23-26-38(48)33-41-40(42(49)34-43(41)50)30-29-37(47)25-21-6-4-2/h9-10,12-13,29-30,37,39-43,47,49-50H,3-8,11,14-28,31-36,46H2,1-2H3,(H,53,54)/b10-9-,13-12-,30-29+/t37-,39+,40+,41+,42+,43-/m0/s1. The van der Waals surface area contributed by atoms with Gasteiger partial charge in [0, 0.05) is 50.5 Å². The van der Waals surface area contributed by atoms with Crippen LogP contribution >= 0.6 is 7.82 Å². The summed E-state index contributed by atoms with van der Waals surface area (Å²) in [5, 5.41) is 31.3. The Morgan fingerprint density at radius 3 is 2.02 bits per heavy atom. The number of hydrogen-bond donors (Lipinski definition) is 5. The minimum absolute atomic E-state index is 0.00818. The van der Waals surface area contributed by atoms with Crippen LogP contribution in [0.2, 0.25) is 0 Å². The molecule has 0 aliphatic heterocycles. The van der Waals surface area contributed by atoms with E-state index in [4.69, 9.17) is 24.3 Å². The molecule has 342 valence electrons. The Labute approximate surface area is 355 Å². The largest absolute Gasteiger partial charge is 0.472 e. The third kappa shape index (κ3) is 29.6. The fourth-order valence-corrected chi connectivity index (χ4v) is 7.78. The van der Waals surface area contributed by atoms with E-state index < -0.39 is 62.6 Å². The van der Waals surface area contributed by atoms with Gasteiger partial charge < -0.3 is 35.4 Å². The molecular weight excluding hydrogens is 777 g/mol. The van der Waals surface area contributed by atoms with Crippen LogP contribution in [-0.2, 0) is 37.5 Å². The van der Waals surface area contributed by atoms with Gasteiger partial charge >= 0.3 is 19.8 Å². The number of carbonyl (C=O) groups excluding carboxylic acids is 3. The first-order chi connectivity index (χ1) is 28.4. The normalized spacial score (nSPS) is 20.4. The predicted octanol–water partition coefficient (Wildman–Crippen LogP) is 8.50. The molecule has 1 fully saturated rings. The zero-order valence-electron chi connectivity index (χ0n) is 36.3. The summed E-state index contributed by atoms with van der Waals surface area (Å²) in [4.78, 5) is 48.0. The van der Waals surface area contributed by atoms with E-state index in [1.807, 2.05) is 0 Å². The van der Waals surface area contributed by atoms with Gasteiger partial charge in [-0.3, -0.25) is 23.4 Å². The molecule has 0 amide bonds. The zero-order chi connectivity index (χ0) is 43.6. The van der Waals surface area contributed by atoms with Crippen LogP contribution in [0.15, 0.2) is 36.5 Å². The molecule has 0 bridgehead atoms. The van der Waals surface area contributed by atoms with Crippen LogP contribution in [0.1, 0.15) is 168 Å². The van der Waals surface area contributed by atoms with Gasteiger partial charge in [-0.15, -0.1) is 0 Å². The van der Waals surface area contributed by atoms with E-state index in [1.165, 1.54) is 38.5 Å². The maximum atomic E-state index is 12.8.